The first-order valence-corrected chi connectivity index (χ1v) is 16.5. The van der Waals surface area contributed by atoms with Crippen molar-refractivity contribution in [3.05, 3.63) is 48.0 Å². The number of para-hydroxylation sites is 1. The zero-order chi connectivity index (χ0) is 27.4. The Labute approximate surface area is 233 Å². The van der Waals surface area contributed by atoms with Crippen LogP contribution in [0.1, 0.15) is 58.9 Å². The van der Waals surface area contributed by atoms with Gasteiger partial charge in [-0.15, -0.1) is 34.3 Å². The summed E-state index contributed by atoms with van der Waals surface area (Å²) < 4.78 is 29.9. The predicted molar refractivity (Wildman–Crippen MR) is 160 cm³/mol. The molecule has 0 saturated carbocycles. The van der Waals surface area contributed by atoms with Gasteiger partial charge in [-0.1, -0.05) is 44.9 Å². The highest BCUT2D eigenvalue weighted by Gasteiger charge is 2.46. The van der Waals surface area contributed by atoms with Gasteiger partial charge in [0.05, 0.1) is 23.2 Å². The standard InChI is InChI=1S/C28H42N2O4S3/c1-8-10-16-28(9-2)20-30(22-14-12-11-13-15-22)23-18-24(35-7)21(17-25(23)37(32,33)29(28)5)19-36-27(3,4)26(31)34-6/h11-15,17-18,32-33H,8-10,16,19-20H2,1-7H3. The number of benzene rings is 2. The summed E-state index contributed by atoms with van der Waals surface area (Å²) in [6.07, 6.45) is 5.75. The van der Waals surface area contributed by atoms with Crippen LogP contribution in [-0.4, -0.2) is 56.6 Å². The normalized spacial score (nSPS) is 20.7. The minimum Gasteiger partial charge on any atom is -0.468 e. The average Bonchev–Trinajstić information content (AvgIpc) is 2.97. The lowest BCUT2D eigenvalue weighted by molar-refractivity contribution is -0.142. The van der Waals surface area contributed by atoms with E-state index in [0.29, 0.717) is 17.2 Å². The molecule has 3 rings (SSSR count). The highest BCUT2D eigenvalue weighted by atomic mass is 32.3. The van der Waals surface area contributed by atoms with Crippen LogP contribution in [0.15, 0.2) is 52.3 Å². The third-order valence-corrected chi connectivity index (χ3v) is 11.7. The maximum Gasteiger partial charge on any atom is 0.321 e. The summed E-state index contributed by atoms with van der Waals surface area (Å²) in [5, 5.41) is 0. The molecule has 6 nitrogen and oxygen atoms in total. The number of hydrogen-bond acceptors (Lipinski definition) is 8. The lowest BCUT2D eigenvalue weighted by Crippen LogP contribution is -2.52. The molecule has 0 bridgehead atoms. The van der Waals surface area contributed by atoms with E-state index in [1.54, 1.807) is 11.8 Å². The Morgan fingerprint density at radius 2 is 1.86 bits per heavy atom. The Morgan fingerprint density at radius 3 is 2.43 bits per heavy atom. The number of anilines is 2. The molecule has 37 heavy (non-hydrogen) atoms. The van der Waals surface area contributed by atoms with E-state index in [1.165, 1.54) is 18.9 Å². The van der Waals surface area contributed by atoms with E-state index < -0.39 is 21.1 Å². The van der Waals surface area contributed by atoms with Crippen LogP contribution in [-0.2, 0) is 15.3 Å². The zero-order valence-electron chi connectivity index (χ0n) is 23.1. The number of hydrogen-bond donors (Lipinski definition) is 2. The molecule has 0 spiro atoms. The van der Waals surface area contributed by atoms with Crippen molar-refractivity contribution in [2.24, 2.45) is 0 Å². The molecule has 1 aliphatic heterocycles. The Hall–Kier alpha value is -1.36. The van der Waals surface area contributed by atoms with Gasteiger partial charge in [-0.3, -0.25) is 13.9 Å². The number of carbonyl (C=O) groups excluding carboxylic acids is 1. The largest absolute Gasteiger partial charge is 0.468 e. The molecule has 0 aromatic heterocycles. The Bertz CT molecular complexity index is 1080. The summed E-state index contributed by atoms with van der Waals surface area (Å²) in [5.41, 5.74) is 2.43. The van der Waals surface area contributed by atoms with Crippen LogP contribution in [0.5, 0.6) is 0 Å². The van der Waals surface area contributed by atoms with Gasteiger partial charge in [0.25, 0.3) is 0 Å². The predicted octanol–water partition coefficient (Wildman–Crippen LogP) is 8.04. The highest BCUT2D eigenvalue weighted by Crippen LogP contribution is 2.62. The second-order valence-electron chi connectivity index (χ2n) is 10.0. The van der Waals surface area contributed by atoms with Gasteiger partial charge >= 0.3 is 5.97 Å². The van der Waals surface area contributed by atoms with Gasteiger partial charge in [0.2, 0.25) is 0 Å². The van der Waals surface area contributed by atoms with E-state index in [-0.39, 0.29) is 5.97 Å². The molecule has 1 aliphatic rings. The molecule has 0 amide bonds. The van der Waals surface area contributed by atoms with Gasteiger partial charge in [-0.05, 0) is 62.8 Å². The summed E-state index contributed by atoms with van der Waals surface area (Å²) in [4.78, 5) is 16.1. The molecule has 2 aromatic carbocycles. The number of thioether (sulfide) groups is 2. The monoisotopic (exact) mass is 566 g/mol. The fourth-order valence-electron chi connectivity index (χ4n) is 4.88. The first-order valence-electron chi connectivity index (χ1n) is 12.8. The number of nitrogens with zero attached hydrogens (tertiary/aromatic N) is 2. The lowest BCUT2D eigenvalue weighted by atomic mass is 9.88. The van der Waals surface area contributed by atoms with Gasteiger partial charge in [0, 0.05) is 29.9 Å². The summed E-state index contributed by atoms with van der Waals surface area (Å²) in [6.45, 7) is 8.68. The molecule has 206 valence electrons. The smallest absolute Gasteiger partial charge is 0.321 e. The fraction of sp³-hybridized carbons (Fsp3) is 0.536. The van der Waals surface area contributed by atoms with E-state index >= 15 is 0 Å². The molecule has 0 radical (unpaired) electrons. The number of carbonyl (C=O) groups is 1. The van der Waals surface area contributed by atoms with E-state index in [2.05, 4.69) is 36.9 Å². The van der Waals surface area contributed by atoms with Crippen LogP contribution >= 0.6 is 34.3 Å². The van der Waals surface area contributed by atoms with Gasteiger partial charge in [0.15, 0.2) is 0 Å². The second kappa shape index (κ2) is 12.2. The van der Waals surface area contributed by atoms with Crippen molar-refractivity contribution in [3.8, 4) is 0 Å². The maximum atomic E-state index is 12.3. The molecule has 0 aliphatic carbocycles. The summed E-state index contributed by atoms with van der Waals surface area (Å²) in [7, 11) is -0.0190. The van der Waals surface area contributed by atoms with E-state index in [4.69, 9.17) is 4.74 Å². The van der Waals surface area contributed by atoms with E-state index in [9.17, 15) is 13.9 Å². The van der Waals surface area contributed by atoms with Gasteiger partial charge < -0.3 is 9.64 Å². The molecule has 1 heterocycles. The average molecular weight is 567 g/mol. The first kappa shape index (κ1) is 30.2. The maximum absolute atomic E-state index is 12.3. The van der Waals surface area contributed by atoms with Gasteiger partial charge in [-0.25, -0.2) is 0 Å². The number of ether oxygens (including phenoxy) is 1. The van der Waals surface area contributed by atoms with E-state index in [1.807, 2.05) is 55.7 Å². The molecule has 1 unspecified atom stereocenters. The lowest BCUT2D eigenvalue weighted by Gasteiger charge is -2.50. The molecule has 2 N–H and O–H groups in total. The van der Waals surface area contributed by atoms with Crippen molar-refractivity contribution in [1.29, 1.82) is 0 Å². The van der Waals surface area contributed by atoms with Crippen LogP contribution < -0.4 is 4.90 Å². The van der Waals surface area contributed by atoms with Crippen LogP contribution in [0, 0.1) is 0 Å². The van der Waals surface area contributed by atoms with Gasteiger partial charge in [0.1, 0.15) is 4.75 Å². The Balaban J connectivity index is 2.21. The fourth-order valence-corrected chi connectivity index (χ4v) is 8.41. The molecule has 0 saturated heterocycles. The van der Waals surface area contributed by atoms with Crippen LogP contribution in [0.3, 0.4) is 0 Å². The Kier molecular flexibility index (Phi) is 9.97. The second-order valence-corrected chi connectivity index (χ2v) is 14.5. The van der Waals surface area contributed by atoms with Crippen LogP contribution in [0.4, 0.5) is 11.4 Å². The van der Waals surface area contributed by atoms with Crippen molar-refractivity contribution in [1.82, 2.24) is 4.31 Å². The quantitative estimate of drug-likeness (QED) is 0.221. The zero-order valence-corrected chi connectivity index (χ0v) is 25.6. The highest BCUT2D eigenvalue weighted by molar-refractivity contribution is 8.22. The minimum absolute atomic E-state index is 0.277. The third-order valence-electron chi connectivity index (χ3n) is 7.44. The van der Waals surface area contributed by atoms with Crippen LogP contribution in [0.25, 0.3) is 0 Å². The van der Waals surface area contributed by atoms with Crippen molar-refractivity contribution in [2.45, 2.75) is 79.2 Å². The number of rotatable bonds is 10. The SMILES string of the molecule is CCCCC1(CC)CN(c2ccccc2)c2cc(SC)c(CSC(C)(C)C(=O)OC)cc2S(O)(O)N1C. The summed E-state index contributed by atoms with van der Waals surface area (Å²) >= 11 is 3.13. The molecule has 9 heteroatoms. The number of methoxy groups -OCH3 is 1. The van der Waals surface area contributed by atoms with Gasteiger partial charge in [-0.2, -0.15) is 4.31 Å². The van der Waals surface area contributed by atoms with Crippen LogP contribution in [0.2, 0.25) is 0 Å². The molecular formula is C28H42N2O4S3. The van der Waals surface area contributed by atoms with Crippen molar-refractivity contribution >= 4 is 51.6 Å². The van der Waals surface area contributed by atoms with Crippen molar-refractivity contribution in [3.63, 3.8) is 0 Å². The molecule has 0 fully saturated rings. The summed E-state index contributed by atoms with van der Waals surface area (Å²) in [5.74, 6) is 0.270. The third kappa shape index (κ3) is 6.12. The number of fused-ring (bicyclic) bond motifs is 1. The first-order chi connectivity index (χ1) is 17.5. The molecule has 2 aromatic rings. The van der Waals surface area contributed by atoms with Crippen molar-refractivity contribution < 1.29 is 18.6 Å². The number of unbranched alkanes of at least 4 members (excludes halogenated alkanes) is 1. The minimum atomic E-state index is -3.29. The topological polar surface area (TPSA) is 73.2 Å². The number of esters is 1. The molecular weight excluding hydrogens is 525 g/mol. The van der Waals surface area contributed by atoms with E-state index in [0.717, 1.165) is 47.5 Å². The molecule has 1 atom stereocenters. The number of likely N-dealkylation sites (N-methyl/N-ethyl adjacent to an activating group) is 1. The summed E-state index contributed by atoms with van der Waals surface area (Å²) in [6, 6.07) is 14.3. The van der Waals surface area contributed by atoms with Crippen molar-refractivity contribution in [2.75, 3.05) is 31.9 Å². The Morgan fingerprint density at radius 1 is 1.19 bits per heavy atom.